The number of aryl methyl sites for hydroxylation is 1. The quantitative estimate of drug-likeness (QED) is 0.806. The second-order valence-electron chi connectivity index (χ2n) is 4.10. The molecule has 0 bridgehead atoms. The molecule has 1 aromatic rings. The van der Waals surface area contributed by atoms with Gasteiger partial charge in [0.05, 0.1) is 5.01 Å². The number of hydrogen-bond donors (Lipinski definition) is 2. The summed E-state index contributed by atoms with van der Waals surface area (Å²) in [5.41, 5.74) is 0. The van der Waals surface area contributed by atoms with Crippen LogP contribution in [0.4, 0.5) is 0 Å². The van der Waals surface area contributed by atoms with Crippen molar-refractivity contribution in [1.82, 2.24) is 15.6 Å². The molecule has 0 aromatic carbocycles. The molecule has 1 aliphatic rings. The zero-order valence-corrected chi connectivity index (χ0v) is 13.3. The van der Waals surface area contributed by atoms with Crippen LogP contribution in [-0.4, -0.2) is 30.6 Å². The van der Waals surface area contributed by atoms with Gasteiger partial charge in [0.1, 0.15) is 0 Å². The molecular weight excluding hydrogens is 347 g/mol. The zero-order chi connectivity index (χ0) is 11.4. The maximum absolute atomic E-state index is 4.40. The number of nitrogens with zero attached hydrogens (tertiary/aromatic N) is 2. The maximum atomic E-state index is 4.40. The lowest BCUT2D eigenvalue weighted by Gasteiger charge is -2.17. The lowest BCUT2D eigenvalue weighted by Crippen LogP contribution is -2.42. The number of thiazole rings is 1. The molecule has 0 spiro atoms. The van der Waals surface area contributed by atoms with Gasteiger partial charge in [-0.2, -0.15) is 0 Å². The van der Waals surface area contributed by atoms with E-state index in [4.69, 9.17) is 0 Å². The normalized spacial score (nSPS) is 16.5. The summed E-state index contributed by atoms with van der Waals surface area (Å²) in [6, 6.07) is 0. The minimum absolute atomic E-state index is 0. The van der Waals surface area contributed by atoms with Crippen LogP contribution in [0.5, 0.6) is 0 Å². The predicted octanol–water partition coefficient (Wildman–Crippen LogP) is 2.11. The highest BCUT2D eigenvalue weighted by Crippen LogP contribution is 2.20. The van der Waals surface area contributed by atoms with E-state index in [-0.39, 0.29) is 24.0 Å². The molecule has 17 heavy (non-hydrogen) atoms. The molecule has 0 aliphatic carbocycles. The van der Waals surface area contributed by atoms with Crippen molar-refractivity contribution in [2.75, 3.05) is 19.6 Å². The van der Waals surface area contributed by atoms with E-state index >= 15 is 0 Å². The summed E-state index contributed by atoms with van der Waals surface area (Å²) >= 11 is 1.77. The Labute approximate surface area is 123 Å². The fourth-order valence-corrected chi connectivity index (χ4v) is 2.41. The summed E-state index contributed by atoms with van der Waals surface area (Å²) in [6.07, 6.45) is 3.07. The van der Waals surface area contributed by atoms with Crippen LogP contribution in [0.1, 0.15) is 29.1 Å². The first-order chi connectivity index (χ1) is 7.75. The number of aromatic nitrogens is 1. The largest absolute Gasteiger partial charge is 0.356 e. The van der Waals surface area contributed by atoms with Crippen LogP contribution in [0.3, 0.4) is 0 Å². The van der Waals surface area contributed by atoms with E-state index in [2.05, 4.69) is 34.5 Å². The summed E-state index contributed by atoms with van der Waals surface area (Å²) in [6.45, 7) is 7.12. The molecule has 1 unspecified atom stereocenters. The van der Waals surface area contributed by atoms with Gasteiger partial charge in [-0.25, -0.2) is 4.98 Å². The monoisotopic (exact) mass is 366 g/mol. The standard InChI is InChI=1S/C11H18N4S.HI/c1-8(10-14-7-9(2)16-10)6-15-11-12-4-3-5-13-11;/h7-8H,3-6H2,1-2H3,(H2,12,13,15);1H. The van der Waals surface area contributed by atoms with Crippen LogP contribution in [0.2, 0.25) is 0 Å². The molecule has 1 atom stereocenters. The topological polar surface area (TPSA) is 49.3 Å². The van der Waals surface area contributed by atoms with Crippen molar-refractivity contribution in [2.45, 2.75) is 26.2 Å². The highest BCUT2D eigenvalue weighted by atomic mass is 127. The van der Waals surface area contributed by atoms with Crippen LogP contribution >= 0.6 is 35.3 Å². The summed E-state index contributed by atoms with van der Waals surface area (Å²) in [5, 5.41) is 7.78. The van der Waals surface area contributed by atoms with E-state index in [0.717, 1.165) is 32.0 Å². The fourth-order valence-electron chi connectivity index (χ4n) is 1.59. The lowest BCUT2D eigenvalue weighted by atomic mass is 10.2. The van der Waals surface area contributed by atoms with Crippen LogP contribution < -0.4 is 10.6 Å². The van der Waals surface area contributed by atoms with E-state index in [0.29, 0.717) is 5.92 Å². The van der Waals surface area contributed by atoms with Crippen molar-refractivity contribution in [2.24, 2.45) is 4.99 Å². The molecule has 96 valence electrons. The second-order valence-corrected chi connectivity index (χ2v) is 5.37. The summed E-state index contributed by atoms with van der Waals surface area (Å²) in [4.78, 5) is 10.0. The van der Waals surface area contributed by atoms with Crippen LogP contribution in [0, 0.1) is 6.92 Å². The molecule has 2 N–H and O–H groups in total. The smallest absolute Gasteiger partial charge is 0.191 e. The average Bonchev–Trinajstić information content (AvgIpc) is 2.74. The Morgan fingerprint density at radius 1 is 1.59 bits per heavy atom. The first kappa shape index (κ1) is 14.7. The van der Waals surface area contributed by atoms with Gasteiger partial charge in [0.25, 0.3) is 0 Å². The Morgan fingerprint density at radius 3 is 3.00 bits per heavy atom. The van der Waals surface area contributed by atoms with E-state index < -0.39 is 0 Å². The first-order valence-electron chi connectivity index (χ1n) is 5.70. The second kappa shape index (κ2) is 7.15. The third-order valence-electron chi connectivity index (χ3n) is 2.53. The first-order valence-corrected chi connectivity index (χ1v) is 6.52. The third-order valence-corrected chi connectivity index (χ3v) is 3.68. The minimum Gasteiger partial charge on any atom is -0.356 e. The molecular formula is C11H19IN4S. The van der Waals surface area contributed by atoms with Crippen LogP contribution in [0.15, 0.2) is 11.2 Å². The van der Waals surface area contributed by atoms with E-state index in [1.54, 1.807) is 11.3 Å². The molecule has 0 fully saturated rings. The number of halogens is 1. The Hall–Kier alpha value is -0.370. The third kappa shape index (κ3) is 4.42. The molecule has 1 aromatic heterocycles. The average molecular weight is 366 g/mol. The van der Waals surface area contributed by atoms with E-state index in [1.165, 1.54) is 9.88 Å². The highest BCUT2D eigenvalue weighted by molar-refractivity contribution is 14.0. The summed E-state index contributed by atoms with van der Waals surface area (Å²) < 4.78 is 0. The van der Waals surface area contributed by atoms with Crippen LogP contribution in [-0.2, 0) is 0 Å². The number of guanidine groups is 1. The molecule has 2 heterocycles. The van der Waals surface area contributed by atoms with Gasteiger partial charge in [0.2, 0.25) is 0 Å². The molecule has 1 aliphatic heterocycles. The molecule has 0 saturated carbocycles. The van der Waals surface area contributed by atoms with Gasteiger partial charge in [-0.1, -0.05) is 6.92 Å². The van der Waals surface area contributed by atoms with E-state index in [1.807, 2.05) is 6.20 Å². The number of aliphatic imine (C=N–C) groups is 1. The summed E-state index contributed by atoms with van der Waals surface area (Å²) in [7, 11) is 0. The lowest BCUT2D eigenvalue weighted by molar-refractivity contribution is 0.663. The molecule has 0 radical (unpaired) electrons. The minimum atomic E-state index is 0. The molecule has 4 nitrogen and oxygen atoms in total. The van der Waals surface area contributed by atoms with Gasteiger partial charge >= 0.3 is 0 Å². The Morgan fingerprint density at radius 2 is 2.41 bits per heavy atom. The maximum Gasteiger partial charge on any atom is 0.191 e. The molecule has 0 amide bonds. The Kier molecular flexibility index (Phi) is 6.18. The van der Waals surface area contributed by atoms with Crippen molar-refractivity contribution in [3.63, 3.8) is 0 Å². The predicted molar refractivity (Wildman–Crippen MR) is 83.6 cm³/mol. The van der Waals surface area contributed by atoms with Gasteiger partial charge in [0.15, 0.2) is 5.96 Å². The SMILES string of the molecule is Cc1cnc(C(C)CNC2=NCCCN2)s1.I. The van der Waals surface area contributed by atoms with Gasteiger partial charge in [-0.3, -0.25) is 4.99 Å². The number of rotatable bonds is 3. The van der Waals surface area contributed by atoms with Crippen molar-refractivity contribution in [3.05, 3.63) is 16.1 Å². The summed E-state index contributed by atoms with van der Waals surface area (Å²) in [5.74, 6) is 1.37. The van der Waals surface area contributed by atoms with Crippen LogP contribution in [0.25, 0.3) is 0 Å². The molecule has 2 rings (SSSR count). The van der Waals surface area contributed by atoms with Gasteiger partial charge < -0.3 is 10.6 Å². The van der Waals surface area contributed by atoms with Gasteiger partial charge in [-0.05, 0) is 13.3 Å². The van der Waals surface area contributed by atoms with Crippen molar-refractivity contribution in [1.29, 1.82) is 0 Å². The Balaban J connectivity index is 0.00000144. The highest BCUT2D eigenvalue weighted by Gasteiger charge is 2.11. The zero-order valence-electron chi connectivity index (χ0n) is 10.2. The number of hydrogen-bond acceptors (Lipinski definition) is 5. The number of nitrogens with one attached hydrogen (secondary N) is 2. The molecule has 0 saturated heterocycles. The molecule has 6 heteroatoms. The fraction of sp³-hybridized carbons (Fsp3) is 0.636. The van der Waals surface area contributed by atoms with Gasteiger partial charge in [0, 0.05) is 36.6 Å². The van der Waals surface area contributed by atoms with E-state index in [9.17, 15) is 0 Å². The van der Waals surface area contributed by atoms with Gasteiger partial charge in [-0.15, -0.1) is 35.3 Å². The van der Waals surface area contributed by atoms with Crippen molar-refractivity contribution >= 4 is 41.3 Å². The van der Waals surface area contributed by atoms with Crippen molar-refractivity contribution in [3.8, 4) is 0 Å². The van der Waals surface area contributed by atoms with Crippen molar-refractivity contribution < 1.29 is 0 Å². The Bertz CT molecular complexity index is 377.